The van der Waals surface area contributed by atoms with Crippen LogP contribution < -0.4 is 19.7 Å². The highest BCUT2D eigenvalue weighted by molar-refractivity contribution is 5.98. The van der Waals surface area contributed by atoms with Gasteiger partial charge in [0.2, 0.25) is 11.9 Å². The molecule has 1 fully saturated rings. The Bertz CT molecular complexity index is 1250. The lowest BCUT2D eigenvalue weighted by molar-refractivity contribution is 0.0732. The summed E-state index contributed by atoms with van der Waals surface area (Å²) in [6, 6.07) is 14.5. The average molecular weight is 461 g/mol. The Hall–Kier alpha value is -3.30. The summed E-state index contributed by atoms with van der Waals surface area (Å²) in [6.07, 6.45) is 3.29. The Kier molecular flexibility index (Phi) is 4.83. The van der Waals surface area contributed by atoms with Crippen LogP contribution in [0.3, 0.4) is 0 Å². The molecule has 0 amide bonds. The SMILES string of the molecule is c1ccc2c(c1)nc1n2C(c2ccc3c(c2)OCCCO3)NC2=NCN(CC3CCCO3)CN21. The second-order valence-corrected chi connectivity index (χ2v) is 9.26. The first-order valence-electron chi connectivity index (χ1n) is 12.1. The topological polar surface area (TPSA) is 76.4 Å². The maximum absolute atomic E-state index is 5.98. The molecule has 9 heteroatoms. The predicted octanol–water partition coefficient (Wildman–Crippen LogP) is 2.92. The fraction of sp³-hybridized carbons (Fsp3) is 0.440. The van der Waals surface area contributed by atoms with Crippen molar-refractivity contribution in [1.29, 1.82) is 0 Å². The van der Waals surface area contributed by atoms with E-state index in [2.05, 4.69) is 50.0 Å². The number of anilines is 1. The third-order valence-corrected chi connectivity index (χ3v) is 6.93. The highest BCUT2D eigenvalue weighted by atomic mass is 16.5. The van der Waals surface area contributed by atoms with Gasteiger partial charge in [-0.2, -0.15) is 0 Å². The third-order valence-electron chi connectivity index (χ3n) is 6.93. The Morgan fingerprint density at radius 3 is 2.82 bits per heavy atom. The molecule has 5 heterocycles. The van der Waals surface area contributed by atoms with Crippen LogP contribution in [0.5, 0.6) is 11.5 Å². The number of hydrogen-bond donors (Lipinski definition) is 1. The van der Waals surface area contributed by atoms with Gasteiger partial charge < -0.3 is 19.5 Å². The minimum absolute atomic E-state index is 0.153. The van der Waals surface area contributed by atoms with Gasteiger partial charge in [0, 0.05) is 19.6 Å². The van der Waals surface area contributed by atoms with E-state index >= 15 is 0 Å². The lowest BCUT2D eigenvalue weighted by atomic mass is 10.1. The summed E-state index contributed by atoms with van der Waals surface area (Å²) in [6.45, 7) is 4.47. The molecule has 7 rings (SSSR count). The Balaban J connectivity index is 1.28. The largest absolute Gasteiger partial charge is 0.490 e. The molecule has 9 nitrogen and oxygen atoms in total. The number of guanidine groups is 1. The van der Waals surface area contributed by atoms with Crippen LogP contribution in [0.2, 0.25) is 0 Å². The lowest BCUT2D eigenvalue weighted by Crippen LogP contribution is -2.58. The first-order valence-corrected chi connectivity index (χ1v) is 12.1. The van der Waals surface area contributed by atoms with Gasteiger partial charge >= 0.3 is 0 Å². The maximum Gasteiger partial charge on any atom is 0.216 e. The molecule has 2 unspecified atom stereocenters. The fourth-order valence-electron chi connectivity index (χ4n) is 5.28. The summed E-state index contributed by atoms with van der Waals surface area (Å²) < 4.78 is 20.0. The van der Waals surface area contributed by atoms with E-state index in [1.807, 2.05) is 12.1 Å². The number of nitrogens with zero attached hydrogens (tertiary/aromatic N) is 5. The molecule has 0 saturated carbocycles. The Morgan fingerprint density at radius 1 is 1.00 bits per heavy atom. The van der Waals surface area contributed by atoms with Crippen molar-refractivity contribution in [2.24, 2.45) is 4.99 Å². The molecule has 0 spiro atoms. The second kappa shape index (κ2) is 8.18. The summed E-state index contributed by atoms with van der Waals surface area (Å²) in [4.78, 5) is 14.5. The van der Waals surface area contributed by atoms with Crippen molar-refractivity contribution < 1.29 is 14.2 Å². The molecule has 4 aliphatic heterocycles. The number of hydrogen-bond acceptors (Lipinski definition) is 8. The van der Waals surface area contributed by atoms with Gasteiger partial charge in [-0.05, 0) is 42.7 Å². The number of imidazole rings is 1. The van der Waals surface area contributed by atoms with Crippen molar-refractivity contribution in [3.05, 3.63) is 48.0 Å². The third kappa shape index (κ3) is 3.38. The minimum atomic E-state index is -0.153. The van der Waals surface area contributed by atoms with Crippen molar-refractivity contribution >= 4 is 22.9 Å². The van der Waals surface area contributed by atoms with Crippen LogP contribution in [0.1, 0.15) is 31.0 Å². The number of benzene rings is 2. The van der Waals surface area contributed by atoms with Crippen LogP contribution in [0.15, 0.2) is 47.5 Å². The Labute approximate surface area is 197 Å². The van der Waals surface area contributed by atoms with E-state index in [1.54, 1.807) is 0 Å². The summed E-state index contributed by atoms with van der Waals surface area (Å²) in [5.41, 5.74) is 3.13. The predicted molar refractivity (Wildman–Crippen MR) is 128 cm³/mol. The Morgan fingerprint density at radius 2 is 1.91 bits per heavy atom. The molecular weight excluding hydrogens is 432 g/mol. The molecule has 0 bridgehead atoms. The quantitative estimate of drug-likeness (QED) is 0.644. The van der Waals surface area contributed by atoms with Gasteiger partial charge in [-0.25, -0.2) is 9.98 Å². The van der Waals surface area contributed by atoms with Crippen LogP contribution in [-0.2, 0) is 4.74 Å². The first kappa shape index (κ1) is 20.1. The van der Waals surface area contributed by atoms with Crippen molar-refractivity contribution in [3.63, 3.8) is 0 Å². The summed E-state index contributed by atoms with van der Waals surface area (Å²) >= 11 is 0. The first-order chi connectivity index (χ1) is 16.8. The maximum atomic E-state index is 5.98. The van der Waals surface area contributed by atoms with Crippen molar-refractivity contribution in [3.8, 4) is 11.5 Å². The van der Waals surface area contributed by atoms with Gasteiger partial charge in [0.25, 0.3) is 0 Å². The molecule has 1 saturated heterocycles. The van der Waals surface area contributed by atoms with E-state index in [4.69, 9.17) is 24.2 Å². The number of para-hydroxylation sites is 2. The van der Waals surface area contributed by atoms with Crippen LogP contribution >= 0.6 is 0 Å². The van der Waals surface area contributed by atoms with E-state index in [9.17, 15) is 0 Å². The highest BCUT2D eigenvalue weighted by Crippen LogP contribution is 2.37. The number of nitrogens with one attached hydrogen (secondary N) is 1. The molecule has 0 aliphatic carbocycles. The lowest BCUT2D eigenvalue weighted by Gasteiger charge is -2.42. The van der Waals surface area contributed by atoms with Gasteiger partial charge in [0.05, 0.1) is 43.7 Å². The fourth-order valence-corrected chi connectivity index (χ4v) is 5.28. The highest BCUT2D eigenvalue weighted by Gasteiger charge is 2.36. The molecule has 34 heavy (non-hydrogen) atoms. The van der Waals surface area contributed by atoms with Gasteiger partial charge in [0.1, 0.15) is 6.17 Å². The minimum Gasteiger partial charge on any atom is -0.490 e. The number of fused-ring (bicyclic) bond motifs is 6. The number of rotatable bonds is 3. The molecule has 0 radical (unpaired) electrons. The van der Waals surface area contributed by atoms with E-state index in [0.29, 0.717) is 26.0 Å². The van der Waals surface area contributed by atoms with Gasteiger partial charge in [-0.15, -0.1) is 0 Å². The zero-order chi connectivity index (χ0) is 22.5. The second-order valence-electron chi connectivity index (χ2n) is 9.26. The number of aromatic nitrogens is 2. The van der Waals surface area contributed by atoms with Crippen molar-refractivity contribution in [1.82, 2.24) is 19.8 Å². The van der Waals surface area contributed by atoms with Gasteiger partial charge in [-0.1, -0.05) is 18.2 Å². The monoisotopic (exact) mass is 460 g/mol. The molecule has 176 valence electrons. The zero-order valence-electron chi connectivity index (χ0n) is 19.0. The standard InChI is InChI=1S/C25H28N6O3/c1-2-7-20-19(6-1)27-25-30-16-29(14-18-5-3-10-32-18)15-26-24(30)28-23(31(20)25)17-8-9-21-22(13-17)34-12-4-11-33-21/h1-2,6-9,13,18,23H,3-5,10-12,14-16H2,(H,26,28). The van der Waals surface area contributed by atoms with Crippen LogP contribution in [0, 0.1) is 0 Å². The summed E-state index contributed by atoms with van der Waals surface area (Å²) in [5, 5.41) is 3.69. The van der Waals surface area contributed by atoms with Gasteiger partial charge in [-0.3, -0.25) is 14.4 Å². The van der Waals surface area contributed by atoms with Crippen molar-refractivity contribution in [2.75, 3.05) is 44.6 Å². The van der Waals surface area contributed by atoms with E-state index < -0.39 is 0 Å². The zero-order valence-corrected chi connectivity index (χ0v) is 19.0. The molecular formula is C25H28N6O3. The van der Waals surface area contributed by atoms with E-state index in [0.717, 1.165) is 79.1 Å². The molecule has 1 N–H and O–H groups in total. The summed E-state index contributed by atoms with van der Waals surface area (Å²) in [7, 11) is 0. The molecule has 4 aliphatic rings. The van der Waals surface area contributed by atoms with Crippen molar-refractivity contribution in [2.45, 2.75) is 31.5 Å². The molecule has 2 atom stereocenters. The normalized spacial score (nSPS) is 24.2. The van der Waals surface area contributed by atoms with Crippen LogP contribution in [0.4, 0.5) is 5.95 Å². The summed E-state index contributed by atoms with van der Waals surface area (Å²) in [5.74, 6) is 3.34. The smallest absolute Gasteiger partial charge is 0.216 e. The number of ether oxygens (including phenoxy) is 3. The van der Waals surface area contributed by atoms with Gasteiger partial charge in [0.15, 0.2) is 11.5 Å². The van der Waals surface area contributed by atoms with Crippen LogP contribution in [0.25, 0.3) is 11.0 Å². The molecule has 2 aromatic carbocycles. The molecule has 1 aromatic heterocycles. The number of aliphatic imine (C=N–C) groups is 1. The van der Waals surface area contributed by atoms with E-state index in [-0.39, 0.29) is 6.17 Å². The molecule has 3 aromatic rings. The van der Waals surface area contributed by atoms with E-state index in [1.165, 1.54) is 0 Å². The van der Waals surface area contributed by atoms with Crippen LogP contribution in [-0.4, -0.2) is 66.2 Å². The average Bonchev–Trinajstić information content (AvgIpc) is 3.45.